The molecule has 7 heteroatoms. The van der Waals surface area contributed by atoms with Crippen molar-refractivity contribution in [3.05, 3.63) is 0 Å². The van der Waals surface area contributed by atoms with Gasteiger partial charge in [-0.05, 0) is 13.0 Å². The van der Waals surface area contributed by atoms with E-state index in [4.69, 9.17) is 4.74 Å². The van der Waals surface area contributed by atoms with E-state index in [1.165, 1.54) is 0 Å². The largest absolute Gasteiger partial charge is 0.405 e. The zero-order valence-corrected chi connectivity index (χ0v) is 10.1. The van der Waals surface area contributed by atoms with E-state index in [1.807, 2.05) is 13.8 Å². The van der Waals surface area contributed by atoms with Crippen molar-refractivity contribution in [2.24, 2.45) is 0 Å². The predicted molar refractivity (Wildman–Crippen MR) is 57.6 cm³/mol. The van der Waals surface area contributed by atoms with Crippen molar-refractivity contribution in [3.8, 4) is 0 Å². The lowest BCUT2D eigenvalue weighted by molar-refractivity contribution is -0.141. The third-order valence-corrected chi connectivity index (χ3v) is 1.74. The molecule has 0 saturated carbocycles. The first-order chi connectivity index (χ1) is 7.81. The second-order valence-electron chi connectivity index (χ2n) is 3.91. The Labute approximate surface area is 98.9 Å². The summed E-state index contributed by atoms with van der Waals surface area (Å²) in [5, 5.41) is 4.88. The van der Waals surface area contributed by atoms with Crippen LogP contribution in [-0.4, -0.2) is 44.4 Å². The fraction of sp³-hybridized carbons (Fsp3) is 0.900. The van der Waals surface area contributed by atoms with Crippen LogP contribution in [-0.2, 0) is 9.53 Å². The summed E-state index contributed by atoms with van der Waals surface area (Å²) in [6, 6.07) is 0.380. The average Bonchev–Trinajstić information content (AvgIpc) is 2.19. The van der Waals surface area contributed by atoms with Crippen molar-refractivity contribution in [3.63, 3.8) is 0 Å². The third kappa shape index (κ3) is 13.1. The van der Waals surface area contributed by atoms with Crippen molar-refractivity contribution in [1.29, 1.82) is 0 Å². The predicted octanol–water partition coefficient (Wildman–Crippen LogP) is 1.07. The molecule has 0 bridgehead atoms. The Hall–Kier alpha value is -0.820. The zero-order chi connectivity index (χ0) is 13.3. The number of halogens is 3. The number of hydrogen-bond donors (Lipinski definition) is 2. The molecule has 102 valence electrons. The van der Waals surface area contributed by atoms with Gasteiger partial charge in [0.15, 0.2) is 0 Å². The summed E-state index contributed by atoms with van der Waals surface area (Å²) in [5.74, 6) is -0.751. The van der Waals surface area contributed by atoms with E-state index in [9.17, 15) is 18.0 Å². The fourth-order valence-electron chi connectivity index (χ4n) is 0.980. The van der Waals surface area contributed by atoms with Crippen molar-refractivity contribution >= 4 is 5.91 Å². The van der Waals surface area contributed by atoms with Gasteiger partial charge in [0.2, 0.25) is 5.91 Å². The van der Waals surface area contributed by atoms with Gasteiger partial charge in [-0.15, -0.1) is 0 Å². The highest BCUT2D eigenvalue weighted by Crippen LogP contribution is 2.11. The van der Waals surface area contributed by atoms with E-state index >= 15 is 0 Å². The molecule has 0 aromatic rings. The van der Waals surface area contributed by atoms with Gasteiger partial charge in [-0.3, -0.25) is 4.79 Å². The molecular formula is C10H19F3N2O2. The molecule has 0 atom stereocenters. The molecular weight excluding hydrogens is 237 g/mol. The molecule has 0 saturated heterocycles. The molecule has 0 radical (unpaired) electrons. The minimum atomic E-state index is -4.38. The Morgan fingerprint density at radius 2 is 2.00 bits per heavy atom. The van der Waals surface area contributed by atoms with E-state index in [1.54, 1.807) is 5.32 Å². The van der Waals surface area contributed by atoms with Gasteiger partial charge in [0.1, 0.15) is 13.2 Å². The smallest absolute Gasteiger partial charge is 0.372 e. The van der Waals surface area contributed by atoms with Gasteiger partial charge in [0.05, 0.1) is 0 Å². The summed E-state index contributed by atoms with van der Waals surface area (Å²) in [6.07, 6.45) is -3.67. The Balaban J connectivity index is 3.34. The van der Waals surface area contributed by atoms with Crippen LogP contribution in [0.25, 0.3) is 0 Å². The Morgan fingerprint density at radius 1 is 1.35 bits per heavy atom. The van der Waals surface area contributed by atoms with Crippen molar-refractivity contribution < 1.29 is 22.7 Å². The van der Waals surface area contributed by atoms with Crippen LogP contribution in [0.4, 0.5) is 13.2 Å². The van der Waals surface area contributed by atoms with Gasteiger partial charge < -0.3 is 15.4 Å². The number of carbonyl (C=O) groups excluding carboxylic acids is 1. The minimum Gasteiger partial charge on any atom is -0.372 e. The van der Waals surface area contributed by atoms with Gasteiger partial charge in [-0.2, -0.15) is 13.2 Å². The lowest BCUT2D eigenvalue weighted by Crippen LogP contribution is -2.36. The summed E-state index contributed by atoms with van der Waals surface area (Å²) < 4.78 is 40.1. The molecule has 2 N–H and O–H groups in total. The molecule has 0 aromatic carbocycles. The molecule has 0 aliphatic heterocycles. The van der Waals surface area contributed by atoms with Crippen LogP contribution in [0.3, 0.4) is 0 Å². The number of hydrogen-bond acceptors (Lipinski definition) is 3. The number of amides is 1. The maximum Gasteiger partial charge on any atom is 0.405 e. The normalized spacial score (nSPS) is 11.9. The first-order valence-corrected chi connectivity index (χ1v) is 5.46. The average molecular weight is 256 g/mol. The first-order valence-electron chi connectivity index (χ1n) is 5.46. The number of carbonyl (C=O) groups is 1. The fourth-order valence-corrected chi connectivity index (χ4v) is 0.980. The van der Waals surface area contributed by atoms with Crippen LogP contribution in [0.15, 0.2) is 0 Å². The summed E-state index contributed by atoms with van der Waals surface area (Å²) in [7, 11) is 0. The number of ether oxygens (including phenoxy) is 1. The van der Waals surface area contributed by atoms with Crippen LogP contribution >= 0.6 is 0 Å². The van der Waals surface area contributed by atoms with E-state index < -0.39 is 18.6 Å². The molecule has 0 fully saturated rings. The Bertz CT molecular complexity index is 220. The maximum atomic E-state index is 11.7. The van der Waals surface area contributed by atoms with Gasteiger partial charge in [-0.25, -0.2) is 0 Å². The second-order valence-corrected chi connectivity index (χ2v) is 3.91. The van der Waals surface area contributed by atoms with Crippen LogP contribution in [0, 0.1) is 0 Å². The third-order valence-electron chi connectivity index (χ3n) is 1.74. The molecule has 1 amide bonds. The first kappa shape index (κ1) is 16.2. The Kier molecular flexibility index (Phi) is 7.90. The molecule has 0 aromatic heterocycles. The highest BCUT2D eigenvalue weighted by atomic mass is 19.4. The summed E-state index contributed by atoms with van der Waals surface area (Å²) in [5.41, 5.74) is 0. The van der Waals surface area contributed by atoms with E-state index in [-0.39, 0.29) is 6.61 Å². The standard InChI is InChI=1S/C10H19F3N2O2/c1-8(2)14-4-3-5-17-6-9(16)15-7-10(11,12)13/h8,14H,3-7H2,1-2H3,(H,15,16). The molecule has 0 aliphatic rings. The van der Waals surface area contributed by atoms with Crippen LogP contribution in [0.1, 0.15) is 20.3 Å². The zero-order valence-electron chi connectivity index (χ0n) is 10.1. The summed E-state index contributed by atoms with van der Waals surface area (Å²) in [4.78, 5) is 10.9. The summed E-state index contributed by atoms with van der Waals surface area (Å²) >= 11 is 0. The van der Waals surface area contributed by atoms with Gasteiger partial charge >= 0.3 is 6.18 Å². The monoisotopic (exact) mass is 256 g/mol. The second kappa shape index (κ2) is 8.30. The summed E-state index contributed by atoms with van der Waals surface area (Å²) in [6.45, 7) is 3.46. The maximum absolute atomic E-state index is 11.7. The van der Waals surface area contributed by atoms with E-state index in [0.717, 1.165) is 6.54 Å². The number of alkyl halides is 3. The molecule has 0 heterocycles. The molecule has 0 rings (SSSR count). The number of rotatable bonds is 8. The molecule has 4 nitrogen and oxygen atoms in total. The van der Waals surface area contributed by atoms with E-state index in [0.29, 0.717) is 19.1 Å². The SMILES string of the molecule is CC(C)NCCCOCC(=O)NCC(F)(F)F. The lowest BCUT2D eigenvalue weighted by atomic mass is 10.3. The minimum absolute atomic E-state index is 0.336. The van der Waals surface area contributed by atoms with Crippen molar-refractivity contribution in [2.45, 2.75) is 32.5 Å². The quantitative estimate of drug-likeness (QED) is 0.639. The van der Waals surface area contributed by atoms with Crippen molar-refractivity contribution in [1.82, 2.24) is 10.6 Å². The van der Waals surface area contributed by atoms with Crippen molar-refractivity contribution in [2.75, 3.05) is 26.3 Å². The molecule has 17 heavy (non-hydrogen) atoms. The topological polar surface area (TPSA) is 50.4 Å². The highest BCUT2D eigenvalue weighted by molar-refractivity contribution is 5.77. The molecule has 0 spiro atoms. The Morgan fingerprint density at radius 3 is 2.53 bits per heavy atom. The van der Waals surface area contributed by atoms with E-state index in [2.05, 4.69) is 5.32 Å². The lowest BCUT2D eigenvalue weighted by Gasteiger charge is -2.09. The van der Waals surface area contributed by atoms with Gasteiger partial charge in [0, 0.05) is 12.6 Å². The molecule has 0 aliphatic carbocycles. The van der Waals surface area contributed by atoms with Crippen LogP contribution < -0.4 is 10.6 Å². The van der Waals surface area contributed by atoms with Gasteiger partial charge in [-0.1, -0.05) is 13.8 Å². The van der Waals surface area contributed by atoms with Crippen LogP contribution in [0.5, 0.6) is 0 Å². The van der Waals surface area contributed by atoms with Gasteiger partial charge in [0.25, 0.3) is 0 Å². The van der Waals surface area contributed by atoms with Crippen LogP contribution in [0.2, 0.25) is 0 Å². The molecule has 0 unspecified atom stereocenters. The highest BCUT2D eigenvalue weighted by Gasteiger charge is 2.27. The number of nitrogens with one attached hydrogen (secondary N) is 2.